The van der Waals surface area contributed by atoms with Crippen molar-refractivity contribution in [3.8, 4) is 0 Å². The number of hydrogen-bond donors (Lipinski definition) is 3. The molecule has 3 N–H and O–H groups in total. The molecule has 66 valence electrons. The molecule has 6 heteroatoms. The molecule has 0 aliphatic carbocycles. The summed E-state index contributed by atoms with van der Waals surface area (Å²) in [6.45, 7) is 2.28. The second-order valence-corrected chi connectivity index (χ2v) is 1.94. The normalized spacial score (nSPS) is 10.2. The molecule has 12 heavy (non-hydrogen) atoms. The van der Waals surface area contributed by atoms with Gasteiger partial charge in [0.1, 0.15) is 0 Å². The van der Waals surface area contributed by atoms with Gasteiger partial charge in [-0.2, -0.15) is 0 Å². The zero-order chi connectivity index (χ0) is 9.40. The summed E-state index contributed by atoms with van der Waals surface area (Å²) in [5.74, 6) is -0.598. The van der Waals surface area contributed by atoms with Crippen LogP contribution in [0, 0.1) is 5.39 Å². The number of rotatable bonds is 4. The zero-order valence-corrected chi connectivity index (χ0v) is 6.74. The second-order valence-electron chi connectivity index (χ2n) is 1.94. The molecule has 0 aliphatic rings. The Morgan fingerprint density at radius 2 is 2.33 bits per heavy atom. The van der Waals surface area contributed by atoms with Crippen LogP contribution in [0.1, 0.15) is 6.92 Å². The summed E-state index contributed by atoms with van der Waals surface area (Å²) in [4.78, 5) is 13.3. The second kappa shape index (κ2) is 5.97. The Morgan fingerprint density at radius 1 is 1.67 bits per heavy atom. The fourth-order valence-electron chi connectivity index (χ4n) is 0.531. The molecule has 0 rings (SSSR count). The lowest BCUT2D eigenvalue weighted by Crippen LogP contribution is -2.33. The molecular formula is C6H11N4O2+. The van der Waals surface area contributed by atoms with Crippen LogP contribution in [-0.4, -0.2) is 24.1 Å². The van der Waals surface area contributed by atoms with Gasteiger partial charge in [0, 0.05) is 6.54 Å². The minimum absolute atomic E-state index is 0.0499. The maximum atomic E-state index is 10.7. The van der Waals surface area contributed by atoms with E-state index >= 15 is 0 Å². The van der Waals surface area contributed by atoms with E-state index in [0.717, 1.165) is 6.20 Å². The Labute approximate surface area is 69.9 Å². The number of amides is 1. The fraction of sp³-hybridized carbons (Fsp3) is 0.500. The fourth-order valence-corrected chi connectivity index (χ4v) is 0.531. The standard InChI is InChI=1S/C6H10N4O2/c1-2-8-5(11)3-9-6(12)4-10-7/h4,9H,2-3H2,1H3,(H-,8,11,12)/p+1/b6-4-. The van der Waals surface area contributed by atoms with E-state index in [2.05, 4.69) is 15.6 Å². The highest BCUT2D eigenvalue weighted by molar-refractivity contribution is 5.78. The van der Waals surface area contributed by atoms with E-state index < -0.39 is 0 Å². The van der Waals surface area contributed by atoms with Crippen LogP contribution < -0.4 is 10.6 Å². The molecule has 0 aromatic heterocycles. The molecule has 0 atom stereocenters. The van der Waals surface area contributed by atoms with Crippen molar-refractivity contribution in [2.45, 2.75) is 6.92 Å². The lowest BCUT2D eigenvalue weighted by Gasteiger charge is -2.01. The molecule has 0 aromatic rings. The molecule has 0 bridgehead atoms. The highest BCUT2D eigenvalue weighted by Crippen LogP contribution is 1.80. The molecule has 0 radical (unpaired) electrons. The average molecular weight is 171 g/mol. The minimum atomic E-state index is -0.358. The molecule has 6 nitrogen and oxygen atoms in total. The maximum absolute atomic E-state index is 10.7. The average Bonchev–Trinajstić information content (AvgIpc) is 2.02. The van der Waals surface area contributed by atoms with Crippen molar-refractivity contribution in [1.29, 1.82) is 5.39 Å². The van der Waals surface area contributed by atoms with Crippen LogP contribution in [0.2, 0.25) is 0 Å². The Bertz CT molecular complexity index is 218. The first-order chi connectivity index (χ1) is 5.70. The van der Waals surface area contributed by atoms with Gasteiger partial charge in [-0.15, -0.1) is 0 Å². The Kier molecular flexibility index (Phi) is 5.09. The van der Waals surface area contributed by atoms with Crippen LogP contribution in [0.15, 0.2) is 12.1 Å². The van der Waals surface area contributed by atoms with Gasteiger partial charge in [0.25, 0.3) is 5.88 Å². The highest BCUT2D eigenvalue weighted by Gasteiger charge is 2.01. The zero-order valence-electron chi connectivity index (χ0n) is 6.74. The summed E-state index contributed by atoms with van der Waals surface area (Å²) < 4.78 is 0. The topological polar surface area (TPSA) is 89.5 Å². The molecule has 0 fully saturated rings. The van der Waals surface area contributed by atoms with Crippen molar-refractivity contribution in [2.24, 2.45) is 0 Å². The summed E-state index contributed by atoms with van der Waals surface area (Å²) in [7, 11) is 0. The van der Waals surface area contributed by atoms with Crippen LogP contribution in [0.3, 0.4) is 0 Å². The highest BCUT2D eigenvalue weighted by atomic mass is 16.3. The van der Waals surface area contributed by atoms with Gasteiger partial charge in [0.05, 0.1) is 6.54 Å². The van der Waals surface area contributed by atoms with Crippen LogP contribution in [0.5, 0.6) is 0 Å². The smallest absolute Gasteiger partial charge is 0.409 e. The van der Waals surface area contributed by atoms with E-state index in [1.165, 1.54) is 0 Å². The molecule has 0 saturated heterocycles. The molecule has 0 saturated carbocycles. The predicted octanol–water partition coefficient (Wildman–Crippen LogP) is -0.0779. The maximum Gasteiger partial charge on any atom is 0.409 e. The van der Waals surface area contributed by atoms with E-state index in [0.29, 0.717) is 6.54 Å². The van der Waals surface area contributed by atoms with Gasteiger partial charge in [-0.1, -0.05) is 0 Å². The van der Waals surface area contributed by atoms with Crippen molar-refractivity contribution >= 4 is 5.91 Å². The number of carbonyl (C=O) groups is 1. The van der Waals surface area contributed by atoms with Crippen molar-refractivity contribution in [3.63, 3.8) is 0 Å². The summed E-state index contributed by atoms with van der Waals surface area (Å²) >= 11 is 0. The molecule has 0 spiro atoms. The van der Waals surface area contributed by atoms with E-state index in [4.69, 9.17) is 10.5 Å². The quantitative estimate of drug-likeness (QED) is 0.407. The van der Waals surface area contributed by atoms with Gasteiger partial charge in [-0.05, 0) is 6.92 Å². The van der Waals surface area contributed by atoms with Crippen molar-refractivity contribution in [3.05, 3.63) is 17.1 Å². The first-order valence-electron chi connectivity index (χ1n) is 3.44. The van der Waals surface area contributed by atoms with Crippen molar-refractivity contribution in [1.82, 2.24) is 10.6 Å². The molecular weight excluding hydrogens is 160 g/mol. The van der Waals surface area contributed by atoms with Crippen molar-refractivity contribution in [2.75, 3.05) is 13.1 Å². The SMILES string of the molecule is CCNC(=O)CN/C(O)=C/[N+]#N. The summed E-state index contributed by atoms with van der Waals surface area (Å²) in [5, 5.41) is 21.6. The summed E-state index contributed by atoms with van der Waals surface area (Å²) in [5.41, 5.74) is 0. The number of carbonyl (C=O) groups excluding carboxylic acids is 1. The number of aliphatic hydroxyl groups is 1. The largest absolute Gasteiger partial charge is 0.490 e. The number of aliphatic hydroxyl groups excluding tert-OH is 1. The molecule has 0 aliphatic heterocycles. The van der Waals surface area contributed by atoms with Crippen LogP contribution in [0.4, 0.5) is 0 Å². The van der Waals surface area contributed by atoms with Crippen LogP contribution >= 0.6 is 0 Å². The van der Waals surface area contributed by atoms with Crippen molar-refractivity contribution < 1.29 is 9.90 Å². The lowest BCUT2D eigenvalue weighted by atomic mass is 10.5. The molecule has 0 heterocycles. The number of hydrogen-bond acceptors (Lipinski definition) is 4. The van der Waals surface area contributed by atoms with Crippen LogP contribution in [0.25, 0.3) is 4.98 Å². The Morgan fingerprint density at radius 3 is 2.83 bits per heavy atom. The van der Waals surface area contributed by atoms with Gasteiger partial charge in [-0.3, -0.25) is 4.79 Å². The number of diazo groups is 1. The Balaban J connectivity index is 3.63. The third-order valence-corrected chi connectivity index (χ3v) is 0.984. The first kappa shape index (κ1) is 10.2. The van der Waals surface area contributed by atoms with Gasteiger partial charge in [-0.25, -0.2) is 0 Å². The number of nitrogens with zero attached hydrogens (tertiary/aromatic N) is 2. The number of nitrogens with one attached hydrogen (secondary N) is 2. The third-order valence-electron chi connectivity index (χ3n) is 0.984. The van der Waals surface area contributed by atoms with Gasteiger partial charge in [0.15, 0.2) is 4.98 Å². The van der Waals surface area contributed by atoms with E-state index in [9.17, 15) is 4.79 Å². The van der Waals surface area contributed by atoms with E-state index in [1.807, 2.05) is 0 Å². The predicted molar refractivity (Wildman–Crippen MR) is 42.5 cm³/mol. The van der Waals surface area contributed by atoms with Gasteiger partial charge in [0.2, 0.25) is 11.3 Å². The molecule has 0 unspecified atom stereocenters. The summed E-state index contributed by atoms with van der Waals surface area (Å²) in [6.07, 6.45) is 0.791. The van der Waals surface area contributed by atoms with Gasteiger partial charge < -0.3 is 15.7 Å². The monoisotopic (exact) mass is 171 g/mol. The summed E-state index contributed by atoms with van der Waals surface area (Å²) in [6, 6.07) is 0. The third kappa shape index (κ3) is 5.05. The van der Waals surface area contributed by atoms with Crippen LogP contribution in [-0.2, 0) is 4.79 Å². The Hall–Kier alpha value is -1.77. The van der Waals surface area contributed by atoms with Gasteiger partial charge >= 0.3 is 6.20 Å². The van der Waals surface area contributed by atoms with E-state index in [1.54, 1.807) is 6.92 Å². The molecule has 1 amide bonds. The lowest BCUT2D eigenvalue weighted by molar-refractivity contribution is -0.120. The molecule has 0 aromatic carbocycles. The first-order valence-corrected chi connectivity index (χ1v) is 3.44. The van der Waals surface area contributed by atoms with E-state index in [-0.39, 0.29) is 18.3 Å². The number of likely N-dealkylation sites (N-methyl/N-ethyl adjacent to an activating group) is 1. The minimum Gasteiger partial charge on any atom is -0.490 e.